The van der Waals surface area contributed by atoms with E-state index in [1.165, 1.54) is 4.68 Å². The predicted molar refractivity (Wildman–Crippen MR) is 66.9 cm³/mol. The van der Waals surface area contributed by atoms with Gasteiger partial charge in [-0.25, -0.2) is 9.97 Å². The van der Waals surface area contributed by atoms with Crippen LogP contribution in [-0.2, 0) is 4.74 Å². The maximum absolute atomic E-state index is 5.86. The van der Waals surface area contributed by atoms with E-state index in [9.17, 15) is 0 Å². The fourth-order valence-corrected chi connectivity index (χ4v) is 1.42. The third-order valence-corrected chi connectivity index (χ3v) is 2.28. The second kappa shape index (κ2) is 6.21. The second-order valence-corrected chi connectivity index (χ2v) is 3.84. The molecule has 0 saturated heterocycles. The van der Waals surface area contributed by atoms with Crippen LogP contribution in [0.4, 0.5) is 0 Å². The first-order valence-corrected chi connectivity index (χ1v) is 5.84. The molecule has 1 unspecified atom stereocenters. The van der Waals surface area contributed by atoms with Gasteiger partial charge in [-0.3, -0.25) is 0 Å². The van der Waals surface area contributed by atoms with Crippen LogP contribution in [0.25, 0.3) is 5.95 Å². The number of nitrogens with zero attached hydrogens (tertiary/aromatic N) is 5. The fraction of sp³-hybridized carbons (Fsp3) is 0.455. The number of aromatic nitrogens is 5. The van der Waals surface area contributed by atoms with Gasteiger partial charge in [-0.15, -0.1) is 5.10 Å². The fourth-order valence-electron chi connectivity index (χ4n) is 1.42. The van der Waals surface area contributed by atoms with Gasteiger partial charge in [-0.2, -0.15) is 9.67 Å². The Morgan fingerprint density at radius 1 is 1.32 bits per heavy atom. The summed E-state index contributed by atoms with van der Waals surface area (Å²) in [5.74, 6) is 0.947. The maximum atomic E-state index is 5.86. The van der Waals surface area contributed by atoms with E-state index < -0.39 is 0 Å². The Bertz CT molecular complexity index is 513. The monoisotopic (exact) mass is 264 g/mol. The lowest BCUT2D eigenvalue weighted by Gasteiger charge is -2.04. The van der Waals surface area contributed by atoms with Gasteiger partial charge in [-0.1, -0.05) is 0 Å². The van der Waals surface area contributed by atoms with Crippen LogP contribution < -0.4 is 10.5 Å². The van der Waals surface area contributed by atoms with Crippen molar-refractivity contribution in [1.29, 1.82) is 0 Å². The van der Waals surface area contributed by atoms with Crippen molar-refractivity contribution in [2.45, 2.75) is 13.0 Å². The van der Waals surface area contributed by atoms with E-state index in [0.29, 0.717) is 25.0 Å². The molecule has 0 spiro atoms. The van der Waals surface area contributed by atoms with Crippen molar-refractivity contribution in [3.8, 4) is 12.0 Å². The highest BCUT2D eigenvalue weighted by molar-refractivity contribution is 5.15. The normalized spacial score (nSPS) is 12.4. The molecule has 1 atom stereocenters. The first-order chi connectivity index (χ1) is 9.22. The van der Waals surface area contributed by atoms with Crippen LogP contribution in [0.3, 0.4) is 0 Å². The van der Waals surface area contributed by atoms with Crippen LogP contribution in [-0.4, -0.2) is 45.1 Å². The predicted octanol–water partition coefficient (Wildman–Crippen LogP) is 0.102. The van der Waals surface area contributed by atoms with E-state index in [-0.39, 0.29) is 12.1 Å². The molecule has 2 heterocycles. The Labute approximate surface area is 110 Å². The Balaban J connectivity index is 2.26. The Kier molecular flexibility index (Phi) is 4.37. The molecular formula is C11H16N6O2. The van der Waals surface area contributed by atoms with Gasteiger partial charge < -0.3 is 15.2 Å². The molecule has 2 aromatic rings. The standard InChI is InChI=1S/C11H16N6O2/c1-8(12)9-15-11(19-7-6-18-2)16-17(9)10-13-4-3-5-14-10/h3-5,8H,6-7,12H2,1-2H3. The lowest BCUT2D eigenvalue weighted by molar-refractivity contribution is 0.141. The van der Waals surface area contributed by atoms with E-state index in [2.05, 4.69) is 20.1 Å². The molecule has 2 aromatic heterocycles. The van der Waals surface area contributed by atoms with Gasteiger partial charge in [-0.05, 0) is 13.0 Å². The molecule has 0 amide bonds. The minimum Gasteiger partial charge on any atom is -0.460 e. The average molecular weight is 264 g/mol. The van der Waals surface area contributed by atoms with Gasteiger partial charge >= 0.3 is 6.01 Å². The smallest absolute Gasteiger partial charge is 0.336 e. The van der Waals surface area contributed by atoms with E-state index in [4.69, 9.17) is 15.2 Å². The number of hydrogen-bond donors (Lipinski definition) is 1. The van der Waals surface area contributed by atoms with Gasteiger partial charge in [0.1, 0.15) is 6.61 Å². The molecule has 0 radical (unpaired) electrons. The van der Waals surface area contributed by atoms with Crippen molar-refractivity contribution in [2.24, 2.45) is 5.73 Å². The first-order valence-electron chi connectivity index (χ1n) is 5.84. The molecule has 8 heteroatoms. The Morgan fingerprint density at radius 2 is 2.05 bits per heavy atom. The summed E-state index contributed by atoms with van der Waals surface area (Å²) in [6.45, 7) is 2.64. The minimum atomic E-state index is -0.309. The molecular weight excluding hydrogens is 248 g/mol. The molecule has 0 bridgehead atoms. The third kappa shape index (κ3) is 3.24. The summed E-state index contributed by atoms with van der Waals surface area (Å²) >= 11 is 0. The van der Waals surface area contributed by atoms with Gasteiger partial charge in [0.2, 0.25) is 0 Å². The highest BCUT2D eigenvalue weighted by Crippen LogP contribution is 2.14. The van der Waals surface area contributed by atoms with Crippen LogP contribution in [0.15, 0.2) is 18.5 Å². The molecule has 19 heavy (non-hydrogen) atoms. The van der Waals surface area contributed by atoms with Crippen LogP contribution in [0.1, 0.15) is 18.8 Å². The third-order valence-electron chi connectivity index (χ3n) is 2.28. The van der Waals surface area contributed by atoms with Crippen LogP contribution in [0, 0.1) is 0 Å². The van der Waals surface area contributed by atoms with E-state index in [1.54, 1.807) is 25.6 Å². The Morgan fingerprint density at radius 3 is 2.68 bits per heavy atom. The SMILES string of the molecule is COCCOc1nc(C(C)N)n(-c2ncccn2)n1. The molecule has 0 fully saturated rings. The average Bonchev–Trinajstić information content (AvgIpc) is 2.84. The maximum Gasteiger partial charge on any atom is 0.336 e. The van der Waals surface area contributed by atoms with Gasteiger partial charge in [0.15, 0.2) is 5.82 Å². The Hall–Kier alpha value is -2.06. The summed E-state index contributed by atoms with van der Waals surface area (Å²) in [4.78, 5) is 12.5. The summed E-state index contributed by atoms with van der Waals surface area (Å²) in [7, 11) is 1.60. The zero-order valence-corrected chi connectivity index (χ0v) is 10.9. The molecule has 0 saturated carbocycles. The highest BCUT2D eigenvalue weighted by Gasteiger charge is 2.17. The second-order valence-electron chi connectivity index (χ2n) is 3.84. The van der Waals surface area contributed by atoms with Crippen molar-refractivity contribution in [2.75, 3.05) is 20.3 Å². The van der Waals surface area contributed by atoms with Gasteiger partial charge in [0, 0.05) is 19.5 Å². The van der Waals surface area contributed by atoms with Gasteiger partial charge in [0.05, 0.1) is 12.6 Å². The summed E-state index contributed by atoms with van der Waals surface area (Å²) in [5, 5.41) is 4.20. The summed E-state index contributed by atoms with van der Waals surface area (Å²) in [5.41, 5.74) is 5.86. The number of hydrogen-bond acceptors (Lipinski definition) is 7. The summed E-state index contributed by atoms with van der Waals surface area (Å²) in [6, 6.07) is 1.65. The van der Waals surface area contributed by atoms with Crippen molar-refractivity contribution in [1.82, 2.24) is 24.7 Å². The topological polar surface area (TPSA) is 101 Å². The molecule has 102 valence electrons. The van der Waals surface area contributed by atoms with Crippen molar-refractivity contribution >= 4 is 0 Å². The number of rotatable bonds is 6. The highest BCUT2D eigenvalue weighted by atomic mass is 16.5. The van der Waals surface area contributed by atoms with E-state index in [1.807, 2.05) is 6.92 Å². The summed E-state index contributed by atoms with van der Waals surface area (Å²) < 4.78 is 11.7. The molecule has 0 aliphatic carbocycles. The van der Waals surface area contributed by atoms with Crippen molar-refractivity contribution < 1.29 is 9.47 Å². The largest absolute Gasteiger partial charge is 0.460 e. The lowest BCUT2D eigenvalue weighted by atomic mass is 10.3. The number of nitrogens with two attached hydrogens (primary N) is 1. The summed E-state index contributed by atoms with van der Waals surface area (Å²) in [6.07, 6.45) is 3.25. The first kappa shape index (κ1) is 13.4. The molecule has 2 rings (SSSR count). The van der Waals surface area contributed by atoms with Crippen LogP contribution in [0.2, 0.25) is 0 Å². The molecule has 8 nitrogen and oxygen atoms in total. The zero-order valence-electron chi connectivity index (χ0n) is 10.9. The number of ether oxygens (including phenoxy) is 2. The molecule has 0 aliphatic rings. The lowest BCUT2D eigenvalue weighted by Crippen LogP contribution is -2.14. The molecule has 0 aromatic carbocycles. The van der Waals surface area contributed by atoms with Crippen molar-refractivity contribution in [3.63, 3.8) is 0 Å². The van der Waals surface area contributed by atoms with Crippen LogP contribution >= 0.6 is 0 Å². The molecule has 2 N–H and O–H groups in total. The van der Waals surface area contributed by atoms with Gasteiger partial charge in [0.25, 0.3) is 5.95 Å². The van der Waals surface area contributed by atoms with E-state index >= 15 is 0 Å². The zero-order chi connectivity index (χ0) is 13.7. The quantitative estimate of drug-likeness (QED) is 0.738. The number of methoxy groups -OCH3 is 1. The molecule has 0 aliphatic heterocycles. The minimum absolute atomic E-state index is 0.233. The van der Waals surface area contributed by atoms with Crippen molar-refractivity contribution in [3.05, 3.63) is 24.3 Å². The van der Waals surface area contributed by atoms with E-state index in [0.717, 1.165) is 0 Å². The van der Waals surface area contributed by atoms with Crippen LogP contribution in [0.5, 0.6) is 6.01 Å².